The standard InChI is InChI=1S/C20H24N6O4S/c1-31(29,30)17-11-13(18(27)25-20(21)22)4-5-16(17)26-10-2-3-14(12-26)19(28)24-15-6-8-23-9-7-15/h4-9,11,14H,2-3,10,12H2,1H3,(H,23,24,28)(H4,21,22,25,27). The van der Waals surface area contributed by atoms with Gasteiger partial charge in [-0.2, -0.15) is 4.99 Å². The topological polar surface area (TPSA) is 161 Å². The second-order valence-electron chi connectivity index (χ2n) is 7.31. The van der Waals surface area contributed by atoms with Gasteiger partial charge in [0.25, 0.3) is 5.91 Å². The molecule has 1 fully saturated rings. The highest BCUT2D eigenvalue weighted by molar-refractivity contribution is 7.90. The number of carbonyl (C=O) groups is 2. The van der Waals surface area contributed by atoms with Crippen LogP contribution in [0.2, 0.25) is 0 Å². The van der Waals surface area contributed by atoms with Gasteiger partial charge in [0.05, 0.1) is 16.5 Å². The third kappa shape index (κ3) is 5.57. The second kappa shape index (κ2) is 9.13. The molecule has 1 saturated heterocycles. The average molecular weight is 445 g/mol. The van der Waals surface area contributed by atoms with Crippen molar-refractivity contribution in [2.75, 3.05) is 29.6 Å². The van der Waals surface area contributed by atoms with Gasteiger partial charge in [-0.3, -0.25) is 14.6 Å². The molecular weight excluding hydrogens is 420 g/mol. The number of anilines is 2. The third-order valence-corrected chi connectivity index (χ3v) is 6.04. The van der Waals surface area contributed by atoms with Crippen LogP contribution in [0.15, 0.2) is 52.6 Å². The molecule has 5 N–H and O–H groups in total. The van der Waals surface area contributed by atoms with Gasteiger partial charge in [0, 0.05) is 43.0 Å². The van der Waals surface area contributed by atoms with Crippen LogP contribution in [0.25, 0.3) is 0 Å². The van der Waals surface area contributed by atoms with Crippen molar-refractivity contribution in [2.45, 2.75) is 17.7 Å². The van der Waals surface area contributed by atoms with Gasteiger partial charge in [0.2, 0.25) is 5.91 Å². The summed E-state index contributed by atoms with van der Waals surface area (Å²) in [5, 5.41) is 2.86. The van der Waals surface area contributed by atoms with Gasteiger partial charge in [0.1, 0.15) is 0 Å². The summed E-state index contributed by atoms with van der Waals surface area (Å²) >= 11 is 0. The van der Waals surface area contributed by atoms with E-state index in [-0.39, 0.29) is 22.3 Å². The highest BCUT2D eigenvalue weighted by atomic mass is 32.2. The van der Waals surface area contributed by atoms with E-state index in [2.05, 4.69) is 15.3 Å². The summed E-state index contributed by atoms with van der Waals surface area (Å²) in [5.74, 6) is -1.60. The van der Waals surface area contributed by atoms with Crippen molar-refractivity contribution in [1.82, 2.24) is 4.98 Å². The van der Waals surface area contributed by atoms with E-state index in [1.165, 1.54) is 12.1 Å². The molecule has 1 aromatic carbocycles. The molecule has 11 heteroatoms. The smallest absolute Gasteiger partial charge is 0.280 e. The number of amides is 2. The molecule has 1 aliphatic rings. The lowest BCUT2D eigenvalue weighted by Crippen LogP contribution is -2.41. The van der Waals surface area contributed by atoms with E-state index in [1.54, 1.807) is 30.6 Å². The summed E-state index contributed by atoms with van der Waals surface area (Å²) in [6, 6.07) is 7.69. The van der Waals surface area contributed by atoms with E-state index in [9.17, 15) is 18.0 Å². The minimum atomic E-state index is -3.67. The van der Waals surface area contributed by atoms with Crippen LogP contribution in [0.1, 0.15) is 23.2 Å². The number of piperidine rings is 1. The Kier molecular flexibility index (Phi) is 6.54. The van der Waals surface area contributed by atoms with Crippen molar-refractivity contribution >= 4 is 39.0 Å². The van der Waals surface area contributed by atoms with Gasteiger partial charge >= 0.3 is 0 Å². The summed E-state index contributed by atoms with van der Waals surface area (Å²) in [4.78, 5) is 34.1. The van der Waals surface area contributed by atoms with Crippen LogP contribution in [-0.2, 0) is 14.6 Å². The fourth-order valence-electron chi connectivity index (χ4n) is 3.48. The Morgan fingerprint density at radius 3 is 2.55 bits per heavy atom. The van der Waals surface area contributed by atoms with E-state index in [1.807, 2.05) is 4.90 Å². The Hall–Kier alpha value is -3.47. The fraction of sp³-hybridized carbons (Fsp3) is 0.300. The number of nitrogens with two attached hydrogens (primary N) is 2. The Balaban J connectivity index is 1.86. The third-order valence-electron chi connectivity index (χ3n) is 4.92. The number of benzene rings is 1. The van der Waals surface area contributed by atoms with Gasteiger partial charge in [-0.15, -0.1) is 0 Å². The monoisotopic (exact) mass is 444 g/mol. The van der Waals surface area contributed by atoms with Gasteiger partial charge in [-0.05, 0) is 43.2 Å². The summed E-state index contributed by atoms with van der Waals surface area (Å²) in [6.45, 7) is 0.934. The zero-order valence-corrected chi connectivity index (χ0v) is 17.8. The SMILES string of the molecule is CS(=O)(=O)c1cc(C(=O)N=C(N)N)ccc1N1CCCC(C(=O)Nc2ccncc2)C1. The van der Waals surface area contributed by atoms with Crippen LogP contribution in [0, 0.1) is 5.92 Å². The van der Waals surface area contributed by atoms with Crippen molar-refractivity contribution < 1.29 is 18.0 Å². The van der Waals surface area contributed by atoms with Crippen molar-refractivity contribution in [3.8, 4) is 0 Å². The summed E-state index contributed by atoms with van der Waals surface area (Å²) in [6.07, 6.45) is 5.64. The normalized spacial score (nSPS) is 16.4. The number of sulfone groups is 1. The van der Waals surface area contributed by atoms with Crippen LogP contribution in [0.5, 0.6) is 0 Å². The lowest BCUT2D eigenvalue weighted by molar-refractivity contribution is -0.120. The maximum atomic E-state index is 12.7. The lowest BCUT2D eigenvalue weighted by Gasteiger charge is -2.34. The predicted molar refractivity (Wildman–Crippen MR) is 117 cm³/mol. The van der Waals surface area contributed by atoms with E-state index < -0.39 is 21.7 Å². The van der Waals surface area contributed by atoms with Crippen LogP contribution >= 0.6 is 0 Å². The lowest BCUT2D eigenvalue weighted by atomic mass is 9.96. The Morgan fingerprint density at radius 1 is 1.19 bits per heavy atom. The molecule has 0 aliphatic carbocycles. The number of nitrogens with one attached hydrogen (secondary N) is 1. The van der Waals surface area contributed by atoms with Gasteiger partial charge in [0.15, 0.2) is 15.8 Å². The number of nitrogens with zero attached hydrogens (tertiary/aromatic N) is 3. The molecule has 0 radical (unpaired) electrons. The number of rotatable bonds is 5. The van der Waals surface area contributed by atoms with Gasteiger partial charge in [-0.1, -0.05) is 0 Å². The molecule has 2 amide bonds. The summed E-state index contributed by atoms with van der Waals surface area (Å²) < 4.78 is 24.9. The number of hydrogen-bond donors (Lipinski definition) is 3. The number of aromatic nitrogens is 1. The Morgan fingerprint density at radius 2 is 1.90 bits per heavy atom. The van der Waals surface area contributed by atoms with Crippen molar-refractivity contribution in [2.24, 2.45) is 22.4 Å². The average Bonchev–Trinajstić information content (AvgIpc) is 2.73. The van der Waals surface area contributed by atoms with Crippen LogP contribution in [0.3, 0.4) is 0 Å². The highest BCUT2D eigenvalue weighted by Crippen LogP contribution is 2.31. The summed E-state index contributed by atoms with van der Waals surface area (Å²) in [7, 11) is -3.67. The zero-order valence-electron chi connectivity index (χ0n) is 17.0. The fourth-order valence-corrected chi connectivity index (χ4v) is 4.39. The first kappa shape index (κ1) is 22.2. The number of aliphatic imine (C=N–C) groups is 1. The molecule has 164 valence electrons. The molecule has 0 spiro atoms. The molecule has 0 bridgehead atoms. The van der Waals surface area contributed by atoms with Gasteiger partial charge < -0.3 is 21.7 Å². The van der Waals surface area contributed by atoms with E-state index in [4.69, 9.17) is 11.5 Å². The predicted octanol–water partition coefficient (Wildman–Crippen LogP) is 0.754. The molecule has 10 nitrogen and oxygen atoms in total. The molecule has 1 aromatic heterocycles. The van der Waals surface area contributed by atoms with Crippen molar-refractivity contribution in [1.29, 1.82) is 0 Å². The van der Waals surface area contributed by atoms with Gasteiger partial charge in [-0.25, -0.2) is 8.42 Å². The quantitative estimate of drug-likeness (QED) is 0.450. The molecule has 31 heavy (non-hydrogen) atoms. The Bertz CT molecular complexity index is 1110. The maximum Gasteiger partial charge on any atom is 0.280 e. The maximum absolute atomic E-state index is 12.7. The summed E-state index contributed by atoms with van der Waals surface area (Å²) in [5.41, 5.74) is 11.6. The molecule has 2 aromatic rings. The second-order valence-corrected chi connectivity index (χ2v) is 9.29. The number of carbonyl (C=O) groups excluding carboxylic acids is 2. The molecule has 1 unspecified atom stereocenters. The molecule has 3 rings (SSSR count). The Labute approximate surface area is 180 Å². The first-order valence-corrected chi connectivity index (χ1v) is 11.5. The largest absolute Gasteiger partial charge is 0.370 e. The first-order chi connectivity index (χ1) is 14.6. The molecule has 0 saturated carbocycles. The molecular formula is C20H24N6O4S. The minimum absolute atomic E-state index is 0.0145. The number of hydrogen-bond acceptors (Lipinski definition) is 6. The van der Waals surface area contributed by atoms with E-state index >= 15 is 0 Å². The van der Waals surface area contributed by atoms with Crippen molar-refractivity contribution in [3.05, 3.63) is 48.3 Å². The molecule has 2 heterocycles. The van der Waals surface area contributed by atoms with E-state index in [0.29, 0.717) is 37.3 Å². The van der Waals surface area contributed by atoms with E-state index in [0.717, 1.165) is 6.26 Å². The van der Waals surface area contributed by atoms with Crippen molar-refractivity contribution in [3.63, 3.8) is 0 Å². The molecule has 1 aliphatic heterocycles. The first-order valence-electron chi connectivity index (χ1n) is 9.59. The molecule has 1 atom stereocenters. The number of pyridine rings is 1. The van der Waals surface area contributed by atoms with Crippen LogP contribution in [0.4, 0.5) is 11.4 Å². The zero-order chi connectivity index (χ0) is 22.6. The highest BCUT2D eigenvalue weighted by Gasteiger charge is 2.29. The van der Waals surface area contributed by atoms with Crippen LogP contribution < -0.4 is 21.7 Å². The number of guanidine groups is 1. The minimum Gasteiger partial charge on any atom is -0.370 e. The van der Waals surface area contributed by atoms with Crippen LogP contribution in [-0.4, -0.2) is 50.5 Å².